The molecule has 0 spiro atoms. The van der Waals surface area contributed by atoms with Crippen LogP contribution < -0.4 is 11.1 Å². The Bertz CT molecular complexity index is 812. The van der Waals surface area contributed by atoms with Crippen molar-refractivity contribution < 1.29 is 14.3 Å². The molecule has 0 bridgehead atoms. The maximum atomic E-state index is 12.3. The number of anilines is 1. The zero-order valence-electron chi connectivity index (χ0n) is 19.2. The number of benzene rings is 1. The highest BCUT2D eigenvalue weighted by atomic mass is 127. The number of rotatable bonds is 3. The Morgan fingerprint density at radius 3 is 2.28 bits per heavy atom. The molecule has 1 aromatic rings. The van der Waals surface area contributed by atoms with E-state index in [9.17, 15) is 9.59 Å². The van der Waals surface area contributed by atoms with Crippen LogP contribution in [0, 0.1) is 0 Å². The van der Waals surface area contributed by atoms with Crippen LogP contribution in [0.1, 0.15) is 39.2 Å². The Kier molecular flexibility index (Phi) is 9.41. The van der Waals surface area contributed by atoms with E-state index in [-0.39, 0.29) is 36.1 Å². The van der Waals surface area contributed by atoms with E-state index in [1.807, 2.05) is 54.8 Å². The van der Waals surface area contributed by atoms with Crippen LogP contribution in [0.25, 0.3) is 0 Å². The number of ether oxygens (including phenoxy) is 1. The van der Waals surface area contributed by atoms with E-state index in [0.29, 0.717) is 38.7 Å². The number of carbonyl (C=O) groups is 2. The molecular formula is C22H35IN6O3. The summed E-state index contributed by atoms with van der Waals surface area (Å²) in [5.41, 5.74) is 7.41. The number of piperazine rings is 1. The van der Waals surface area contributed by atoms with Crippen LogP contribution in [0.15, 0.2) is 29.3 Å². The Balaban J connectivity index is 0.00000363. The lowest BCUT2D eigenvalue weighted by Gasteiger charge is -2.36. The van der Waals surface area contributed by atoms with Crippen molar-refractivity contribution in [1.29, 1.82) is 0 Å². The van der Waals surface area contributed by atoms with Crippen molar-refractivity contribution in [2.75, 3.05) is 44.6 Å². The minimum atomic E-state index is -0.503. The number of nitrogens with one attached hydrogen (secondary N) is 1. The Morgan fingerprint density at radius 2 is 1.66 bits per heavy atom. The van der Waals surface area contributed by atoms with Gasteiger partial charge in [-0.3, -0.25) is 0 Å². The molecular weight excluding hydrogens is 523 g/mol. The summed E-state index contributed by atoms with van der Waals surface area (Å²) in [6.07, 6.45) is 1.83. The number of aliphatic imine (C=N–C) groups is 1. The number of likely N-dealkylation sites (tertiary alicyclic amines) is 1. The predicted octanol–water partition coefficient (Wildman–Crippen LogP) is 3.30. The zero-order valence-corrected chi connectivity index (χ0v) is 21.5. The number of hydrogen-bond donors (Lipinski definition) is 2. The fourth-order valence-corrected chi connectivity index (χ4v) is 3.59. The summed E-state index contributed by atoms with van der Waals surface area (Å²) in [5, 5.41) is 2.95. The Morgan fingerprint density at radius 1 is 1.03 bits per heavy atom. The predicted molar refractivity (Wildman–Crippen MR) is 136 cm³/mol. The van der Waals surface area contributed by atoms with E-state index in [1.165, 1.54) is 0 Å². The molecule has 0 radical (unpaired) electrons. The second-order valence-electron chi connectivity index (χ2n) is 8.95. The van der Waals surface area contributed by atoms with Gasteiger partial charge in [0.2, 0.25) is 0 Å². The van der Waals surface area contributed by atoms with E-state index >= 15 is 0 Å². The van der Waals surface area contributed by atoms with Crippen LogP contribution in [0.3, 0.4) is 0 Å². The van der Waals surface area contributed by atoms with E-state index in [1.54, 1.807) is 4.90 Å². The van der Waals surface area contributed by atoms with Gasteiger partial charge in [-0.25, -0.2) is 14.6 Å². The van der Waals surface area contributed by atoms with Gasteiger partial charge >= 0.3 is 12.1 Å². The maximum absolute atomic E-state index is 12.3. The van der Waals surface area contributed by atoms with Crippen molar-refractivity contribution >= 4 is 47.7 Å². The Labute approximate surface area is 207 Å². The number of nitrogens with two attached hydrogens (primary N) is 1. The number of amides is 3. The average Bonchev–Trinajstić information content (AvgIpc) is 3.26. The van der Waals surface area contributed by atoms with Gasteiger partial charge in [0, 0.05) is 45.0 Å². The first-order valence-corrected chi connectivity index (χ1v) is 10.9. The van der Waals surface area contributed by atoms with E-state index in [2.05, 4.69) is 10.3 Å². The van der Waals surface area contributed by atoms with Gasteiger partial charge in [0.05, 0.1) is 6.54 Å². The summed E-state index contributed by atoms with van der Waals surface area (Å²) in [6.45, 7) is 9.94. The molecule has 10 heteroatoms. The van der Waals surface area contributed by atoms with Crippen molar-refractivity contribution in [3.05, 3.63) is 29.8 Å². The molecule has 2 heterocycles. The molecule has 0 aromatic heterocycles. The van der Waals surface area contributed by atoms with Gasteiger partial charge in [-0.1, -0.05) is 12.1 Å². The number of nitrogens with zero attached hydrogens (tertiary/aromatic N) is 4. The number of halogens is 1. The van der Waals surface area contributed by atoms with E-state index < -0.39 is 5.60 Å². The third kappa shape index (κ3) is 7.72. The quantitative estimate of drug-likeness (QED) is 0.337. The molecule has 32 heavy (non-hydrogen) atoms. The lowest BCUT2D eigenvalue weighted by Crippen LogP contribution is -2.53. The summed E-state index contributed by atoms with van der Waals surface area (Å²) in [7, 11) is 0. The van der Waals surface area contributed by atoms with Gasteiger partial charge in [-0.15, -0.1) is 24.0 Å². The monoisotopic (exact) mass is 558 g/mol. The van der Waals surface area contributed by atoms with E-state index in [4.69, 9.17) is 10.5 Å². The molecule has 0 unspecified atom stereocenters. The standard InChI is InChI=1S/C22H34N6O3.HI/c1-22(2,3)31-21(30)28-13-11-26(12-14-28)19(23)24-16-17-7-6-8-18(15-17)25-20(29)27-9-4-5-10-27;/h6-8,15H,4-5,9-14,16H2,1-3H3,(H2,23,24)(H,25,29);1H. The summed E-state index contributed by atoms with van der Waals surface area (Å²) in [6, 6.07) is 7.61. The van der Waals surface area contributed by atoms with Gasteiger partial charge in [-0.2, -0.15) is 0 Å². The van der Waals surface area contributed by atoms with Crippen molar-refractivity contribution in [3.8, 4) is 0 Å². The normalized spacial score (nSPS) is 17.1. The second-order valence-corrected chi connectivity index (χ2v) is 8.95. The van der Waals surface area contributed by atoms with Crippen LogP contribution in [0.5, 0.6) is 0 Å². The Hall–Kier alpha value is -2.24. The van der Waals surface area contributed by atoms with Crippen LogP contribution in [-0.4, -0.2) is 77.7 Å². The highest BCUT2D eigenvalue weighted by Gasteiger charge is 2.26. The summed E-state index contributed by atoms with van der Waals surface area (Å²) < 4.78 is 5.42. The minimum absolute atomic E-state index is 0. The smallest absolute Gasteiger partial charge is 0.410 e. The minimum Gasteiger partial charge on any atom is -0.444 e. The molecule has 0 saturated carbocycles. The molecule has 9 nitrogen and oxygen atoms in total. The van der Waals surface area contributed by atoms with Gasteiger partial charge in [0.15, 0.2) is 5.96 Å². The number of urea groups is 1. The highest BCUT2D eigenvalue weighted by molar-refractivity contribution is 14.0. The van der Waals surface area contributed by atoms with Crippen molar-refractivity contribution in [2.45, 2.75) is 45.8 Å². The molecule has 2 fully saturated rings. The highest BCUT2D eigenvalue weighted by Crippen LogP contribution is 2.15. The molecule has 0 aliphatic carbocycles. The molecule has 2 saturated heterocycles. The first kappa shape index (κ1) is 26.0. The van der Waals surface area contributed by atoms with Gasteiger partial charge in [-0.05, 0) is 51.3 Å². The van der Waals surface area contributed by atoms with Crippen LogP contribution >= 0.6 is 24.0 Å². The number of hydrogen-bond acceptors (Lipinski definition) is 4. The first-order chi connectivity index (χ1) is 14.7. The largest absolute Gasteiger partial charge is 0.444 e. The fourth-order valence-electron chi connectivity index (χ4n) is 3.59. The molecule has 3 N–H and O–H groups in total. The molecule has 3 rings (SSSR count). The topological polar surface area (TPSA) is 103 Å². The van der Waals surface area contributed by atoms with Gasteiger partial charge in [0.1, 0.15) is 5.60 Å². The zero-order chi connectivity index (χ0) is 22.4. The third-order valence-electron chi connectivity index (χ3n) is 5.25. The first-order valence-electron chi connectivity index (χ1n) is 10.9. The fraction of sp³-hybridized carbons (Fsp3) is 0.591. The lowest BCUT2D eigenvalue weighted by atomic mass is 10.2. The third-order valence-corrected chi connectivity index (χ3v) is 5.25. The van der Waals surface area contributed by atoms with Crippen LogP contribution in [0.4, 0.5) is 15.3 Å². The van der Waals surface area contributed by atoms with Gasteiger partial charge in [0.25, 0.3) is 0 Å². The number of carbonyl (C=O) groups excluding carboxylic acids is 2. The van der Waals surface area contributed by atoms with Gasteiger partial charge < -0.3 is 30.5 Å². The summed E-state index contributed by atoms with van der Waals surface area (Å²) in [4.78, 5) is 34.5. The van der Waals surface area contributed by atoms with Crippen LogP contribution in [0.2, 0.25) is 0 Å². The summed E-state index contributed by atoms with van der Waals surface area (Å²) >= 11 is 0. The molecule has 0 atom stereocenters. The molecule has 178 valence electrons. The average molecular weight is 558 g/mol. The van der Waals surface area contributed by atoms with Crippen molar-refractivity contribution in [1.82, 2.24) is 14.7 Å². The molecule has 2 aliphatic heterocycles. The van der Waals surface area contributed by atoms with Crippen molar-refractivity contribution in [2.24, 2.45) is 10.7 Å². The SMILES string of the molecule is CC(C)(C)OC(=O)N1CCN(C(N)=NCc2cccc(NC(=O)N3CCCC3)c2)CC1.I. The van der Waals surface area contributed by atoms with Crippen molar-refractivity contribution in [3.63, 3.8) is 0 Å². The number of guanidine groups is 1. The second kappa shape index (κ2) is 11.6. The molecule has 2 aliphatic rings. The van der Waals surface area contributed by atoms with E-state index in [0.717, 1.165) is 37.2 Å². The maximum Gasteiger partial charge on any atom is 0.410 e. The lowest BCUT2D eigenvalue weighted by molar-refractivity contribution is 0.0186. The molecule has 1 aromatic carbocycles. The molecule has 3 amide bonds. The van der Waals surface area contributed by atoms with Crippen LogP contribution in [-0.2, 0) is 11.3 Å². The summed E-state index contributed by atoms with van der Waals surface area (Å²) in [5.74, 6) is 0.454.